The molecule has 0 amide bonds. The first-order chi connectivity index (χ1) is 3.63. The highest BCUT2D eigenvalue weighted by Crippen LogP contribution is 1.79. The third kappa shape index (κ3) is 5.89. The van der Waals surface area contributed by atoms with E-state index in [-0.39, 0.29) is 5.78 Å². The molecule has 0 unspecified atom stereocenters. The van der Waals surface area contributed by atoms with Gasteiger partial charge in [0.25, 0.3) is 0 Å². The molecule has 8 heavy (non-hydrogen) atoms. The Morgan fingerprint density at radius 2 is 2.38 bits per heavy atom. The van der Waals surface area contributed by atoms with Crippen LogP contribution >= 0.6 is 0 Å². The second-order valence-electron chi connectivity index (χ2n) is 1.54. The van der Waals surface area contributed by atoms with Gasteiger partial charge in [-0.05, 0) is 18.1 Å². The number of hydrogen-bond acceptors (Lipinski definition) is 2. The predicted molar refractivity (Wildman–Crippen MR) is 39.8 cm³/mol. The second kappa shape index (κ2) is 3.84. The number of hydrogen-bond donors (Lipinski definition) is 0. The van der Waals surface area contributed by atoms with E-state index in [9.17, 15) is 4.79 Å². The highest BCUT2D eigenvalue weighted by Gasteiger charge is 1.87. The van der Waals surface area contributed by atoms with Crippen molar-refractivity contribution in [3.63, 3.8) is 0 Å². The summed E-state index contributed by atoms with van der Waals surface area (Å²) in [5, 5.41) is 0. The fourth-order valence-electron chi connectivity index (χ4n) is 0.244. The maximum Gasteiger partial charge on any atom is 0.130 e. The Kier molecular flexibility index (Phi) is 3.79. The normalized spacial score (nSPS) is 8.50. The molecule has 0 saturated carbocycles. The van der Waals surface area contributed by atoms with E-state index in [1.165, 1.54) is 0 Å². The number of rotatable bonds is 2. The fourth-order valence-corrected chi connectivity index (χ4v) is 0.983. The molecule has 1 nitrogen and oxygen atoms in total. The Morgan fingerprint density at radius 3 is 2.50 bits per heavy atom. The minimum Gasteiger partial charge on any atom is -0.300 e. The van der Waals surface area contributed by atoms with E-state index in [1.807, 2.05) is 0 Å². The van der Waals surface area contributed by atoms with Crippen molar-refractivity contribution in [3.8, 4) is 5.69 Å². The molecule has 0 N–H and O–H groups in total. The van der Waals surface area contributed by atoms with Gasteiger partial charge in [0.1, 0.15) is 5.78 Å². The van der Waals surface area contributed by atoms with Gasteiger partial charge in [-0.3, -0.25) is 4.79 Å². The third-order valence-corrected chi connectivity index (χ3v) is 1.76. The zero-order chi connectivity index (χ0) is 6.57. The largest absolute Gasteiger partial charge is 0.300 e. The van der Waals surface area contributed by atoms with Crippen molar-refractivity contribution in [2.24, 2.45) is 0 Å². The zero-order valence-corrected chi connectivity index (χ0v) is 6.35. The van der Waals surface area contributed by atoms with Gasteiger partial charge in [0.05, 0.1) is 0 Å². The van der Waals surface area contributed by atoms with E-state index >= 15 is 0 Å². The van der Waals surface area contributed by atoms with Crippen LogP contribution in [0.1, 0.15) is 13.3 Å². The van der Waals surface area contributed by atoms with E-state index in [4.69, 9.17) is 5.69 Å². The summed E-state index contributed by atoms with van der Waals surface area (Å²) in [4.78, 5) is 10.3. The van der Waals surface area contributed by atoms with Crippen molar-refractivity contribution < 1.29 is 4.79 Å². The lowest BCUT2D eigenvalue weighted by atomic mass is 10.4. The van der Waals surface area contributed by atoms with Crippen LogP contribution in [-0.2, 0) is 24.8 Å². The SMILES string of the molecule is C#S(=S)CCC(C)=O. The molecule has 0 aliphatic heterocycles. The fraction of sp³-hybridized carbons (Fsp3) is 0.600. The summed E-state index contributed by atoms with van der Waals surface area (Å²) in [5.41, 5.74) is 5.23. The first kappa shape index (κ1) is 7.89. The van der Waals surface area contributed by atoms with Crippen LogP contribution < -0.4 is 0 Å². The van der Waals surface area contributed by atoms with Gasteiger partial charge in [0.15, 0.2) is 0 Å². The summed E-state index contributed by atoms with van der Waals surface area (Å²) >= 11 is 4.65. The summed E-state index contributed by atoms with van der Waals surface area (Å²) in [5.74, 6) is 0.822. The van der Waals surface area contributed by atoms with Gasteiger partial charge in [-0.25, -0.2) is 0 Å². The van der Waals surface area contributed by atoms with Gasteiger partial charge in [0.2, 0.25) is 0 Å². The topological polar surface area (TPSA) is 17.1 Å². The van der Waals surface area contributed by atoms with Crippen LogP contribution in [0.15, 0.2) is 0 Å². The van der Waals surface area contributed by atoms with Crippen LogP contribution in [0.2, 0.25) is 0 Å². The van der Waals surface area contributed by atoms with Gasteiger partial charge in [0, 0.05) is 12.2 Å². The van der Waals surface area contributed by atoms with Crippen molar-refractivity contribution in [3.05, 3.63) is 0 Å². The summed E-state index contributed by atoms with van der Waals surface area (Å²) in [7, 11) is -0.474. The molecule has 0 heterocycles. The zero-order valence-electron chi connectivity index (χ0n) is 4.72. The van der Waals surface area contributed by atoms with Crippen molar-refractivity contribution in [2.75, 3.05) is 5.75 Å². The standard InChI is InChI=1S/C5H8OS2/c1-5(6)3-4-8(2)7/h2H,3-4H2,1H3. The molecule has 0 atom stereocenters. The molecule has 0 radical (unpaired) electrons. The Labute approximate surface area is 55.9 Å². The first-order valence-corrected chi connectivity index (χ1v) is 4.63. The van der Waals surface area contributed by atoms with Crippen LogP contribution in [0.3, 0.4) is 0 Å². The highest BCUT2D eigenvalue weighted by atomic mass is 32.8. The molecule has 0 spiro atoms. The molecule has 0 aromatic rings. The maximum atomic E-state index is 10.3. The molecule has 0 saturated heterocycles. The molecule has 0 aromatic heterocycles. The molecule has 0 aliphatic rings. The number of carbonyl (C=O) groups is 1. The summed E-state index contributed by atoms with van der Waals surface area (Å²) in [6.45, 7) is 1.54. The molecule has 0 fully saturated rings. The average Bonchev–Trinajstić information content (AvgIpc) is 1.61. The van der Waals surface area contributed by atoms with Crippen LogP contribution in [0.25, 0.3) is 0 Å². The lowest BCUT2D eigenvalue weighted by Crippen LogP contribution is -1.93. The van der Waals surface area contributed by atoms with Gasteiger partial charge in [-0.2, -0.15) is 0 Å². The van der Waals surface area contributed by atoms with Gasteiger partial charge >= 0.3 is 0 Å². The van der Waals surface area contributed by atoms with Gasteiger partial charge in [-0.1, -0.05) is 0 Å². The molecular weight excluding hydrogens is 140 g/mol. The van der Waals surface area contributed by atoms with E-state index in [0.29, 0.717) is 12.2 Å². The predicted octanol–water partition coefficient (Wildman–Crippen LogP) is 0.635. The Morgan fingerprint density at radius 1 is 1.88 bits per heavy atom. The van der Waals surface area contributed by atoms with Crippen molar-refractivity contribution >= 4 is 25.8 Å². The monoisotopic (exact) mass is 148 g/mol. The molecule has 0 rings (SSSR count). The van der Waals surface area contributed by atoms with E-state index in [0.717, 1.165) is 0 Å². The lowest BCUT2D eigenvalue weighted by Gasteiger charge is -1.84. The highest BCUT2D eigenvalue weighted by molar-refractivity contribution is 8.22. The molecule has 3 heteroatoms. The van der Waals surface area contributed by atoms with Gasteiger partial charge in [-0.15, -0.1) is 14.5 Å². The molecule has 0 bridgehead atoms. The Bertz CT molecular complexity index is 187. The van der Waals surface area contributed by atoms with Crippen LogP contribution in [-0.4, -0.2) is 11.5 Å². The number of ketones is 1. The van der Waals surface area contributed by atoms with Crippen molar-refractivity contribution in [1.29, 1.82) is 0 Å². The quantitative estimate of drug-likeness (QED) is 0.571. The summed E-state index contributed by atoms with van der Waals surface area (Å²) < 4.78 is 0. The average molecular weight is 148 g/mol. The Balaban J connectivity index is 3.38. The van der Waals surface area contributed by atoms with Crippen LogP contribution in [0.5, 0.6) is 0 Å². The van der Waals surface area contributed by atoms with Crippen molar-refractivity contribution in [1.82, 2.24) is 0 Å². The summed E-state index contributed by atoms with van der Waals surface area (Å²) in [6, 6.07) is 0. The minimum atomic E-state index is -0.474. The summed E-state index contributed by atoms with van der Waals surface area (Å²) in [6.07, 6.45) is 0.531. The molecule has 46 valence electrons. The van der Waals surface area contributed by atoms with Crippen molar-refractivity contribution in [2.45, 2.75) is 13.3 Å². The molecular formula is C5H8OS2. The van der Waals surface area contributed by atoms with Crippen LogP contribution in [0, 0.1) is 5.69 Å². The van der Waals surface area contributed by atoms with E-state index in [2.05, 4.69) is 11.2 Å². The smallest absolute Gasteiger partial charge is 0.130 e. The van der Waals surface area contributed by atoms with E-state index < -0.39 is 8.86 Å². The maximum absolute atomic E-state index is 10.3. The first-order valence-electron chi connectivity index (χ1n) is 2.25. The lowest BCUT2D eigenvalue weighted by molar-refractivity contribution is -0.116. The third-order valence-electron chi connectivity index (χ3n) is 0.655. The molecule has 0 aliphatic carbocycles. The molecule has 0 aromatic carbocycles. The van der Waals surface area contributed by atoms with Gasteiger partial charge < -0.3 is 0 Å². The second-order valence-corrected chi connectivity index (χ2v) is 3.99. The number of carbonyl (C=O) groups excluding carboxylic acids is 1. The number of Topliss-reactive ketones (excluding diaryl/α,β-unsaturated/α-hetero) is 1. The van der Waals surface area contributed by atoms with Crippen LogP contribution in [0.4, 0.5) is 0 Å². The Hall–Kier alpha value is -0.110. The minimum absolute atomic E-state index is 0.165. The van der Waals surface area contributed by atoms with E-state index in [1.54, 1.807) is 6.92 Å².